The molecule has 3 aromatic rings. The first-order valence-electron chi connectivity index (χ1n) is 9.42. The molecule has 1 aromatic heterocycles. The van der Waals surface area contributed by atoms with E-state index in [0.717, 1.165) is 4.73 Å². The number of ketones is 1. The molecule has 0 aliphatic carbocycles. The minimum Gasteiger partial charge on any atom is -0.491 e. The van der Waals surface area contributed by atoms with Crippen LogP contribution in [0.5, 0.6) is 5.75 Å². The third-order valence-corrected chi connectivity index (χ3v) is 5.98. The zero-order chi connectivity index (χ0) is 22.8. The normalized spacial score (nSPS) is 11.4. The van der Waals surface area contributed by atoms with Gasteiger partial charge in [0, 0.05) is 39.9 Å². The molecule has 31 heavy (non-hydrogen) atoms. The van der Waals surface area contributed by atoms with Crippen LogP contribution in [-0.4, -0.2) is 25.5 Å². The van der Waals surface area contributed by atoms with E-state index in [1.807, 2.05) is 13.8 Å². The van der Waals surface area contributed by atoms with Gasteiger partial charge in [0.15, 0.2) is 5.78 Å². The lowest BCUT2D eigenvalue weighted by Gasteiger charge is -2.14. The number of nitrogens with one attached hydrogen (secondary N) is 1. The van der Waals surface area contributed by atoms with Crippen LogP contribution in [0.4, 0.5) is 5.69 Å². The van der Waals surface area contributed by atoms with Gasteiger partial charge in [-0.15, -0.1) is 0 Å². The number of rotatable bonds is 7. The molecule has 0 aliphatic heterocycles. The molecule has 0 spiro atoms. The monoisotopic (exact) mass is 461 g/mol. The van der Waals surface area contributed by atoms with Gasteiger partial charge in [-0.2, -0.15) is 0 Å². The Morgan fingerprint density at radius 1 is 1.10 bits per heavy atom. The van der Waals surface area contributed by atoms with E-state index in [1.165, 1.54) is 48.7 Å². The molecule has 0 aliphatic rings. The Labute approximate surface area is 185 Å². The van der Waals surface area contributed by atoms with Crippen molar-refractivity contribution in [1.82, 2.24) is 0 Å². The fourth-order valence-electron chi connectivity index (χ4n) is 2.87. The minimum absolute atomic E-state index is 0.0221. The summed E-state index contributed by atoms with van der Waals surface area (Å²) in [5, 5.41) is 9.91. The average molecular weight is 462 g/mol. The summed E-state index contributed by atoms with van der Waals surface area (Å²) in [6, 6.07) is 13.3. The van der Waals surface area contributed by atoms with E-state index >= 15 is 0 Å². The van der Waals surface area contributed by atoms with Crippen LogP contribution in [0.3, 0.4) is 0 Å². The van der Waals surface area contributed by atoms with Crippen molar-refractivity contribution in [1.29, 1.82) is 0 Å². The molecular formula is C22H22ClN2O5S+. The maximum atomic E-state index is 13.1. The van der Waals surface area contributed by atoms with Crippen LogP contribution in [0, 0.1) is 6.92 Å². The standard InChI is InChI=1S/C22H21ClN2O5S/c1-14(2)30-18-5-7-19(8-6-18)31(28,29)24-21-9-4-17(23)13-20(21)22(26)16-10-11-25(27)15(3)12-16/h4-14H,1-3H3,(H-,24,26,27)/p+1. The number of hydrogen-bond donors (Lipinski definition) is 2. The van der Waals surface area contributed by atoms with E-state index < -0.39 is 15.8 Å². The van der Waals surface area contributed by atoms with Gasteiger partial charge in [0.2, 0.25) is 11.9 Å². The summed E-state index contributed by atoms with van der Waals surface area (Å²) in [7, 11) is -3.97. The van der Waals surface area contributed by atoms with Gasteiger partial charge in [-0.25, -0.2) is 8.42 Å². The number of hydrogen-bond acceptors (Lipinski definition) is 5. The van der Waals surface area contributed by atoms with Gasteiger partial charge >= 0.3 is 0 Å². The molecule has 0 bridgehead atoms. The van der Waals surface area contributed by atoms with Crippen LogP contribution in [-0.2, 0) is 10.0 Å². The van der Waals surface area contributed by atoms with Gasteiger partial charge < -0.3 is 4.74 Å². The largest absolute Gasteiger partial charge is 0.491 e. The van der Waals surface area contributed by atoms with Crippen LogP contribution in [0.25, 0.3) is 0 Å². The molecule has 0 atom stereocenters. The lowest BCUT2D eigenvalue weighted by atomic mass is 10.0. The van der Waals surface area contributed by atoms with Crippen molar-refractivity contribution < 1.29 is 27.9 Å². The summed E-state index contributed by atoms with van der Waals surface area (Å²) in [6.45, 7) is 5.38. The van der Waals surface area contributed by atoms with Crippen molar-refractivity contribution >= 4 is 33.1 Å². The molecule has 0 fully saturated rings. The molecule has 0 radical (unpaired) electrons. The van der Waals surface area contributed by atoms with Gasteiger partial charge in [-0.1, -0.05) is 11.6 Å². The molecule has 0 unspecified atom stereocenters. The molecule has 162 valence electrons. The Balaban J connectivity index is 1.94. The summed E-state index contributed by atoms with van der Waals surface area (Å²) in [5.41, 5.74) is 0.903. The summed E-state index contributed by atoms with van der Waals surface area (Å²) in [4.78, 5) is 13.1. The van der Waals surface area contributed by atoms with Crippen molar-refractivity contribution in [3.63, 3.8) is 0 Å². The second-order valence-corrected chi connectivity index (χ2v) is 9.28. The number of aryl methyl sites for hydroxylation is 1. The first-order chi connectivity index (χ1) is 14.6. The van der Waals surface area contributed by atoms with E-state index in [1.54, 1.807) is 19.1 Å². The third-order valence-electron chi connectivity index (χ3n) is 4.36. The zero-order valence-electron chi connectivity index (χ0n) is 17.2. The predicted molar refractivity (Wildman–Crippen MR) is 116 cm³/mol. The molecule has 0 saturated carbocycles. The predicted octanol–water partition coefficient (Wildman–Crippen LogP) is 3.99. The number of benzene rings is 2. The van der Waals surface area contributed by atoms with Gasteiger partial charge in [-0.3, -0.25) is 14.7 Å². The Bertz CT molecular complexity index is 1230. The summed E-state index contributed by atoms with van der Waals surface area (Å²) in [5.74, 6) is 0.112. The van der Waals surface area contributed by atoms with Crippen molar-refractivity contribution in [2.24, 2.45) is 0 Å². The topological polar surface area (TPSA) is 96.6 Å². The molecular weight excluding hydrogens is 440 g/mol. The van der Waals surface area contributed by atoms with E-state index in [0.29, 0.717) is 11.4 Å². The first-order valence-corrected chi connectivity index (χ1v) is 11.3. The molecule has 1 heterocycles. The Morgan fingerprint density at radius 3 is 2.39 bits per heavy atom. The Kier molecular flexibility index (Phi) is 6.52. The number of sulfonamides is 1. The molecule has 3 rings (SSSR count). The van der Waals surface area contributed by atoms with Crippen LogP contribution >= 0.6 is 11.6 Å². The number of halogens is 1. The molecule has 9 heteroatoms. The highest BCUT2D eigenvalue weighted by Crippen LogP contribution is 2.27. The van der Waals surface area contributed by atoms with Crippen LogP contribution in [0.2, 0.25) is 5.02 Å². The van der Waals surface area contributed by atoms with Crippen LogP contribution in [0.1, 0.15) is 35.5 Å². The molecule has 0 saturated heterocycles. The zero-order valence-corrected chi connectivity index (χ0v) is 18.7. The average Bonchev–Trinajstić information content (AvgIpc) is 2.70. The second kappa shape index (κ2) is 8.95. The van der Waals surface area contributed by atoms with Gasteiger partial charge in [0.05, 0.1) is 16.7 Å². The number of ether oxygens (including phenoxy) is 1. The maximum Gasteiger partial charge on any atom is 0.261 e. The smallest absolute Gasteiger partial charge is 0.261 e. The maximum absolute atomic E-state index is 13.1. The van der Waals surface area contributed by atoms with E-state index in [9.17, 15) is 18.4 Å². The van der Waals surface area contributed by atoms with E-state index in [-0.39, 0.29) is 32.8 Å². The fourth-order valence-corrected chi connectivity index (χ4v) is 4.12. The lowest BCUT2D eigenvalue weighted by Crippen LogP contribution is -2.33. The van der Waals surface area contributed by atoms with Crippen molar-refractivity contribution in [3.8, 4) is 5.75 Å². The highest BCUT2D eigenvalue weighted by molar-refractivity contribution is 7.92. The van der Waals surface area contributed by atoms with Crippen molar-refractivity contribution in [2.45, 2.75) is 31.8 Å². The molecule has 2 N–H and O–H groups in total. The third kappa shape index (κ3) is 5.34. The Hall–Kier alpha value is -3.10. The second-order valence-electron chi connectivity index (χ2n) is 7.16. The van der Waals surface area contributed by atoms with Crippen molar-refractivity contribution in [2.75, 3.05) is 4.72 Å². The lowest BCUT2D eigenvalue weighted by molar-refractivity contribution is -0.908. The van der Waals surface area contributed by atoms with Crippen LogP contribution < -0.4 is 14.2 Å². The van der Waals surface area contributed by atoms with Gasteiger partial charge in [-0.05, 0) is 56.3 Å². The minimum atomic E-state index is -3.97. The first kappa shape index (κ1) is 22.6. The van der Waals surface area contributed by atoms with Gasteiger partial charge in [0.1, 0.15) is 5.75 Å². The number of nitrogens with zero attached hydrogens (tertiary/aromatic N) is 1. The van der Waals surface area contributed by atoms with Crippen molar-refractivity contribution in [3.05, 3.63) is 82.6 Å². The SMILES string of the molecule is Cc1cc(C(=O)c2cc(Cl)ccc2NS(=O)(=O)c2ccc(OC(C)C)cc2)cc[n+]1O. The molecule has 0 amide bonds. The van der Waals surface area contributed by atoms with E-state index in [2.05, 4.69) is 4.72 Å². The number of pyridine rings is 1. The highest BCUT2D eigenvalue weighted by Gasteiger charge is 2.22. The molecule has 2 aromatic carbocycles. The fraction of sp³-hybridized carbons (Fsp3) is 0.182. The highest BCUT2D eigenvalue weighted by atomic mass is 35.5. The number of anilines is 1. The van der Waals surface area contributed by atoms with Gasteiger partial charge in [0.25, 0.3) is 10.0 Å². The quantitative estimate of drug-likeness (QED) is 0.315. The van der Waals surface area contributed by atoms with E-state index in [4.69, 9.17) is 16.3 Å². The summed E-state index contributed by atoms with van der Waals surface area (Å²) in [6.07, 6.45) is 1.29. The number of carbonyl (C=O) groups is 1. The molecule has 7 nitrogen and oxygen atoms in total. The summed E-state index contributed by atoms with van der Waals surface area (Å²) < 4.78 is 34.7. The Morgan fingerprint density at radius 2 is 1.77 bits per heavy atom. The van der Waals surface area contributed by atoms with Crippen LogP contribution in [0.15, 0.2) is 65.7 Å². The number of aromatic nitrogens is 1. The number of carbonyl (C=O) groups excluding carboxylic acids is 1. The summed E-state index contributed by atoms with van der Waals surface area (Å²) >= 11 is 6.06.